The van der Waals surface area contributed by atoms with E-state index in [1.807, 2.05) is 6.92 Å². The van der Waals surface area contributed by atoms with Crippen LogP contribution < -0.4 is 5.32 Å². The number of hydrogen-bond acceptors (Lipinski definition) is 3. The summed E-state index contributed by atoms with van der Waals surface area (Å²) in [5.41, 5.74) is -0.633. The van der Waals surface area contributed by atoms with Gasteiger partial charge < -0.3 is 5.32 Å². The quantitative estimate of drug-likeness (QED) is 0.859. The van der Waals surface area contributed by atoms with E-state index >= 15 is 0 Å². The average Bonchev–Trinajstić information content (AvgIpc) is 2.83. The van der Waals surface area contributed by atoms with Gasteiger partial charge in [0.2, 0.25) is 0 Å². The number of nitrogens with zero attached hydrogens (tertiary/aromatic N) is 3. The number of anilines is 1. The van der Waals surface area contributed by atoms with E-state index in [1.54, 1.807) is 0 Å². The Labute approximate surface area is 118 Å². The van der Waals surface area contributed by atoms with Crippen molar-refractivity contribution in [2.24, 2.45) is 0 Å². The highest BCUT2D eigenvalue weighted by Gasteiger charge is 2.34. The molecule has 0 saturated heterocycles. The van der Waals surface area contributed by atoms with Crippen LogP contribution in [0, 0.1) is 0 Å². The number of hydrogen-bond donors (Lipinski definition) is 1. The maximum Gasteiger partial charge on any atom is 0.435 e. The number of nitrogens with one attached hydrogen (secondary N) is 1. The minimum Gasteiger partial charge on any atom is -0.366 e. The van der Waals surface area contributed by atoms with Crippen LogP contribution in [0.2, 0.25) is 0 Å². The topological polar surface area (TPSA) is 42.2 Å². The van der Waals surface area contributed by atoms with Gasteiger partial charge in [0, 0.05) is 30.4 Å². The summed E-state index contributed by atoms with van der Waals surface area (Å²) in [7, 11) is 0. The van der Waals surface area contributed by atoms with Crippen molar-refractivity contribution in [1.82, 2.24) is 14.6 Å². The molecule has 2 heterocycles. The van der Waals surface area contributed by atoms with Gasteiger partial charge in [0.1, 0.15) is 5.52 Å². The van der Waals surface area contributed by atoms with Crippen LogP contribution in [0.1, 0.15) is 25.5 Å². The first kappa shape index (κ1) is 14.9. The van der Waals surface area contributed by atoms with Gasteiger partial charge >= 0.3 is 6.18 Å². The zero-order chi connectivity index (χ0) is 14.8. The largest absolute Gasteiger partial charge is 0.435 e. The van der Waals surface area contributed by atoms with E-state index in [4.69, 9.17) is 11.6 Å². The van der Waals surface area contributed by atoms with E-state index in [0.29, 0.717) is 23.6 Å². The Hall–Kier alpha value is -1.50. The highest BCUT2D eigenvalue weighted by atomic mass is 35.5. The summed E-state index contributed by atoms with van der Waals surface area (Å²) in [5, 5.41) is 6.62. The molecule has 2 aromatic rings. The van der Waals surface area contributed by atoms with Crippen molar-refractivity contribution < 1.29 is 13.2 Å². The van der Waals surface area contributed by atoms with Crippen molar-refractivity contribution in [3.05, 3.63) is 24.2 Å². The highest BCUT2D eigenvalue weighted by Crippen LogP contribution is 2.30. The number of halogens is 4. The van der Waals surface area contributed by atoms with Crippen molar-refractivity contribution in [3.8, 4) is 0 Å². The third-order valence-electron chi connectivity index (χ3n) is 2.97. The Bertz CT molecular complexity index is 582. The molecule has 0 aliphatic rings. The Kier molecular flexibility index (Phi) is 4.37. The molecule has 110 valence electrons. The predicted molar refractivity (Wildman–Crippen MR) is 71.0 cm³/mol. The number of aromatic nitrogens is 3. The van der Waals surface area contributed by atoms with Crippen molar-refractivity contribution in [3.63, 3.8) is 0 Å². The molecule has 0 fully saturated rings. The van der Waals surface area contributed by atoms with Crippen LogP contribution in [0.4, 0.5) is 19.0 Å². The predicted octanol–water partition coefficient (Wildman–Crippen LogP) is 3.57. The van der Waals surface area contributed by atoms with Gasteiger partial charge in [0.05, 0.1) is 0 Å². The third kappa shape index (κ3) is 3.15. The maximum atomic E-state index is 12.7. The maximum absolute atomic E-state index is 12.7. The molecule has 8 heteroatoms. The molecule has 1 atom stereocenters. The van der Waals surface area contributed by atoms with Crippen LogP contribution in [0.25, 0.3) is 5.52 Å². The lowest BCUT2D eigenvalue weighted by Crippen LogP contribution is -2.20. The smallest absolute Gasteiger partial charge is 0.366 e. The number of fused-ring (bicyclic) bond motifs is 1. The molecule has 0 bridgehead atoms. The Morgan fingerprint density at radius 1 is 1.45 bits per heavy atom. The van der Waals surface area contributed by atoms with E-state index < -0.39 is 11.9 Å². The SMILES string of the molecule is CCC(CCCl)Nc1nccn2nc(C(F)(F)F)cc12. The van der Waals surface area contributed by atoms with Crippen molar-refractivity contribution in [2.75, 3.05) is 11.2 Å². The lowest BCUT2D eigenvalue weighted by Gasteiger charge is -2.16. The number of rotatable bonds is 5. The summed E-state index contributed by atoms with van der Waals surface area (Å²) >= 11 is 5.70. The van der Waals surface area contributed by atoms with Crippen molar-refractivity contribution >= 4 is 22.9 Å². The third-order valence-corrected chi connectivity index (χ3v) is 3.19. The molecule has 1 N–H and O–H groups in total. The van der Waals surface area contributed by atoms with E-state index in [-0.39, 0.29) is 6.04 Å². The van der Waals surface area contributed by atoms with E-state index in [0.717, 1.165) is 12.5 Å². The molecular formula is C12H14ClF3N4. The molecule has 0 aliphatic carbocycles. The highest BCUT2D eigenvalue weighted by molar-refractivity contribution is 6.17. The lowest BCUT2D eigenvalue weighted by molar-refractivity contribution is -0.141. The fourth-order valence-corrected chi connectivity index (χ4v) is 2.14. The molecule has 2 rings (SSSR count). The van der Waals surface area contributed by atoms with Gasteiger partial charge in [-0.2, -0.15) is 18.3 Å². The van der Waals surface area contributed by atoms with Gasteiger partial charge in [-0.15, -0.1) is 11.6 Å². The van der Waals surface area contributed by atoms with Gasteiger partial charge in [0.15, 0.2) is 11.5 Å². The zero-order valence-corrected chi connectivity index (χ0v) is 11.5. The monoisotopic (exact) mass is 306 g/mol. The first-order valence-corrected chi connectivity index (χ1v) is 6.73. The Morgan fingerprint density at radius 3 is 2.80 bits per heavy atom. The van der Waals surface area contributed by atoms with Crippen LogP contribution in [0.5, 0.6) is 0 Å². The Balaban J connectivity index is 2.36. The van der Waals surface area contributed by atoms with Gasteiger partial charge in [-0.25, -0.2) is 9.50 Å². The molecule has 0 aromatic carbocycles. The molecule has 2 aromatic heterocycles. The average molecular weight is 307 g/mol. The fraction of sp³-hybridized carbons (Fsp3) is 0.500. The molecule has 0 spiro atoms. The van der Waals surface area contributed by atoms with Gasteiger partial charge in [-0.05, 0) is 12.8 Å². The first-order chi connectivity index (χ1) is 9.45. The van der Waals surface area contributed by atoms with Crippen LogP contribution in [-0.2, 0) is 6.18 Å². The lowest BCUT2D eigenvalue weighted by atomic mass is 10.2. The minimum atomic E-state index is -4.47. The standard InChI is InChI=1S/C12H14ClF3N4/c1-2-8(3-4-13)18-11-9-7-10(12(14,15)16)19-20(9)6-5-17-11/h5-8H,2-4H2,1H3,(H,17,18). The van der Waals surface area contributed by atoms with Crippen LogP contribution in [0.15, 0.2) is 18.5 Å². The second kappa shape index (κ2) is 5.87. The van der Waals surface area contributed by atoms with E-state index in [9.17, 15) is 13.2 Å². The van der Waals surface area contributed by atoms with Crippen LogP contribution >= 0.6 is 11.6 Å². The van der Waals surface area contributed by atoms with Crippen LogP contribution in [-0.4, -0.2) is 26.5 Å². The van der Waals surface area contributed by atoms with Crippen molar-refractivity contribution in [1.29, 1.82) is 0 Å². The van der Waals surface area contributed by atoms with Crippen LogP contribution in [0.3, 0.4) is 0 Å². The Morgan fingerprint density at radius 2 is 2.20 bits per heavy atom. The molecule has 0 radical (unpaired) electrons. The second-order valence-corrected chi connectivity index (χ2v) is 4.74. The summed E-state index contributed by atoms with van der Waals surface area (Å²) in [5.74, 6) is 0.856. The molecule has 0 aliphatic heterocycles. The van der Waals surface area contributed by atoms with E-state index in [2.05, 4.69) is 15.4 Å². The first-order valence-electron chi connectivity index (χ1n) is 6.19. The van der Waals surface area contributed by atoms with Gasteiger partial charge in [0.25, 0.3) is 0 Å². The van der Waals surface area contributed by atoms with E-state index in [1.165, 1.54) is 16.9 Å². The molecule has 1 unspecified atom stereocenters. The number of alkyl halides is 4. The molecular weight excluding hydrogens is 293 g/mol. The van der Waals surface area contributed by atoms with Crippen molar-refractivity contribution in [2.45, 2.75) is 32.0 Å². The normalized spacial score (nSPS) is 13.7. The summed E-state index contributed by atoms with van der Waals surface area (Å²) in [6.45, 7) is 1.97. The van der Waals surface area contributed by atoms with Gasteiger partial charge in [-0.1, -0.05) is 6.92 Å². The molecule has 0 saturated carbocycles. The molecule has 0 amide bonds. The summed E-state index contributed by atoms with van der Waals surface area (Å²) in [4.78, 5) is 4.09. The molecule has 20 heavy (non-hydrogen) atoms. The fourth-order valence-electron chi connectivity index (χ4n) is 1.88. The second-order valence-electron chi connectivity index (χ2n) is 4.36. The minimum absolute atomic E-state index is 0.0652. The zero-order valence-electron chi connectivity index (χ0n) is 10.8. The summed E-state index contributed by atoms with van der Waals surface area (Å²) in [6.07, 6.45) is -0.158. The summed E-state index contributed by atoms with van der Waals surface area (Å²) in [6, 6.07) is 1.05. The summed E-state index contributed by atoms with van der Waals surface area (Å²) < 4.78 is 39.2. The molecule has 4 nitrogen and oxygen atoms in total. The van der Waals surface area contributed by atoms with Gasteiger partial charge in [-0.3, -0.25) is 0 Å².